The Morgan fingerprint density at radius 2 is 2.20 bits per heavy atom. The molecule has 0 bridgehead atoms. The number of hydrogen-bond acceptors (Lipinski definition) is 4. The van der Waals surface area contributed by atoms with E-state index in [-0.39, 0.29) is 11.5 Å². The van der Waals surface area contributed by atoms with E-state index in [2.05, 4.69) is 16.9 Å². The first kappa shape index (κ1) is 12.1. The topological polar surface area (TPSA) is 71.8 Å². The first-order valence-corrected chi connectivity index (χ1v) is 6.18. The van der Waals surface area contributed by atoms with Crippen molar-refractivity contribution in [2.75, 3.05) is 11.5 Å². The third-order valence-corrected chi connectivity index (χ3v) is 2.94. The molecule has 5 heteroatoms. The summed E-state index contributed by atoms with van der Waals surface area (Å²) in [6.07, 6.45) is 0. The Morgan fingerprint density at radius 3 is 2.67 bits per heavy atom. The lowest BCUT2D eigenvalue weighted by atomic mass is 10.1. The molecule has 0 aliphatic carbocycles. The van der Waals surface area contributed by atoms with Gasteiger partial charge in [0.1, 0.15) is 11.6 Å². The Morgan fingerprint density at radius 1 is 1.53 bits per heavy atom. The van der Waals surface area contributed by atoms with Crippen LogP contribution in [0.1, 0.15) is 38.1 Å². The minimum atomic E-state index is -0.107. The van der Waals surface area contributed by atoms with Crippen LogP contribution in [0.2, 0.25) is 0 Å². The Balaban J connectivity index is 3.03. The predicted octanol–water partition coefficient (Wildman–Crippen LogP) is 1.73. The van der Waals surface area contributed by atoms with Gasteiger partial charge < -0.3 is 10.7 Å². The normalized spacial score (nSPS) is 10.9. The molecule has 3 N–H and O–H groups in total. The Labute approximate surface area is 93.7 Å². The second-order valence-corrected chi connectivity index (χ2v) is 4.88. The smallest absolute Gasteiger partial charge is 0.256 e. The molecule has 1 rings (SSSR count). The number of nitrogens with zero attached hydrogens (tertiary/aromatic N) is 1. The van der Waals surface area contributed by atoms with Gasteiger partial charge in [0.25, 0.3) is 5.56 Å². The van der Waals surface area contributed by atoms with Crippen molar-refractivity contribution in [3.05, 3.63) is 21.7 Å². The average Bonchev–Trinajstić information content (AvgIpc) is 2.12. The zero-order valence-electron chi connectivity index (χ0n) is 9.33. The summed E-state index contributed by atoms with van der Waals surface area (Å²) in [5.41, 5.74) is 6.23. The Hall–Kier alpha value is -0.970. The number of aromatic nitrogens is 2. The monoisotopic (exact) mass is 227 g/mol. The van der Waals surface area contributed by atoms with Gasteiger partial charge in [0.05, 0.1) is 11.3 Å². The molecule has 0 atom stereocenters. The zero-order chi connectivity index (χ0) is 11.4. The van der Waals surface area contributed by atoms with Gasteiger partial charge in [-0.2, -0.15) is 11.8 Å². The molecule has 1 aromatic rings. The van der Waals surface area contributed by atoms with E-state index in [0.29, 0.717) is 23.0 Å². The molecule has 0 fully saturated rings. The Kier molecular flexibility index (Phi) is 4.20. The van der Waals surface area contributed by atoms with Crippen molar-refractivity contribution in [1.82, 2.24) is 9.97 Å². The van der Waals surface area contributed by atoms with Crippen LogP contribution in [0, 0.1) is 0 Å². The first-order valence-electron chi connectivity index (χ1n) is 5.02. The largest absolute Gasteiger partial charge is 0.383 e. The summed E-state index contributed by atoms with van der Waals surface area (Å²) in [7, 11) is 0. The molecule has 0 unspecified atom stereocenters. The molecular formula is C10H17N3OS. The van der Waals surface area contributed by atoms with Crippen LogP contribution in [0.4, 0.5) is 5.82 Å². The van der Waals surface area contributed by atoms with Gasteiger partial charge in [-0.1, -0.05) is 20.8 Å². The fourth-order valence-electron chi connectivity index (χ4n) is 1.37. The van der Waals surface area contributed by atoms with Gasteiger partial charge in [-0.05, 0) is 11.7 Å². The fourth-order valence-corrected chi connectivity index (χ4v) is 1.91. The maximum absolute atomic E-state index is 11.7. The van der Waals surface area contributed by atoms with Gasteiger partial charge in [-0.25, -0.2) is 4.98 Å². The van der Waals surface area contributed by atoms with Crippen molar-refractivity contribution in [3.63, 3.8) is 0 Å². The third-order valence-electron chi connectivity index (χ3n) is 2.05. The van der Waals surface area contributed by atoms with Crippen LogP contribution in [-0.4, -0.2) is 15.7 Å². The molecule has 0 saturated heterocycles. The molecular weight excluding hydrogens is 210 g/mol. The molecule has 0 aliphatic rings. The number of nitrogen functional groups attached to an aromatic ring is 1. The highest BCUT2D eigenvalue weighted by Crippen LogP contribution is 2.16. The van der Waals surface area contributed by atoms with E-state index in [1.165, 1.54) is 0 Å². The zero-order valence-corrected chi connectivity index (χ0v) is 10.1. The minimum absolute atomic E-state index is 0.106. The lowest BCUT2D eigenvalue weighted by Crippen LogP contribution is -2.20. The van der Waals surface area contributed by atoms with E-state index in [1.807, 2.05) is 13.8 Å². The molecule has 0 radical (unpaired) electrons. The van der Waals surface area contributed by atoms with E-state index in [1.54, 1.807) is 11.8 Å². The highest BCUT2D eigenvalue weighted by molar-refractivity contribution is 7.98. The number of anilines is 1. The molecule has 1 heterocycles. The van der Waals surface area contributed by atoms with Crippen LogP contribution < -0.4 is 11.3 Å². The minimum Gasteiger partial charge on any atom is -0.383 e. The molecule has 0 spiro atoms. The number of rotatable bonds is 4. The summed E-state index contributed by atoms with van der Waals surface area (Å²) in [5.74, 6) is 2.83. The van der Waals surface area contributed by atoms with Crippen LogP contribution in [0.15, 0.2) is 4.79 Å². The number of nitrogens with two attached hydrogens (primary N) is 1. The third kappa shape index (κ3) is 2.99. The quantitative estimate of drug-likeness (QED) is 0.821. The van der Waals surface area contributed by atoms with Gasteiger partial charge in [0, 0.05) is 0 Å². The number of aromatic amines is 1. The second-order valence-electron chi connectivity index (χ2n) is 3.60. The molecule has 1 aromatic heterocycles. The Bertz CT molecular complexity index is 387. The number of thioether (sulfide) groups is 1. The van der Waals surface area contributed by atoms with Crippen LogP contribution in [0.5, 0.6) is 0 Å². The maximum Gasteiger partial charge on any atom is 0.256 e. The van der Waals surface area contributed by atoms with Gasteiger partial charge in [0.15, 0.2) is 0 Å². The van der Waals surface area contributed by atoms with Gasteiger partial charge in [-0.15, -0.1) is 0 Å². The van der Waals surface area contributed by atoms with E-state index >= 15 is 0 Å². The van der Waals surface area contributed by atoms with Crippen molar-refractivity contribution < 1.29 is 0 Å². The summed E-state index contributed by atoms with van der Waals surface area (Å²) in [5, 5.41) is 0. The van der Waals surface area contributed by atoms with Crippen LogP contribution in [0.3, 0.4) is 0 Å². The molecule has 84 valence electrons. The summed E-state index contributed by atoms with van der Waals surface area (Å²) in [6, 6.07) is 0. The number of hydrogen-bond donors (Lipinski definition) is 2. The summed E-state index contributed by atoms with van der Waals surface area (Å²) in [6.45, 7) is 5.93. The van der Waals surface area contributed by atoms with Gasteiger partial charge >= 0.3 is 0 Å². The lowest BCUT2D eigenvalue weighted by molar-refractivity contribution is 0.824. The summed E-state index contributed by atoms with van der Waals surface area (Å²) < 4.78 is 0. The summed E-state index contributed by atoms with van der Waals surface area (Å²) >= 11 is 1.70. The number of H-pyrrole nitrogens is 1. The first-order chi connectivity index (χ1) is 7.06. The van der Waals surface area contributed by atoms with Crippen molar-refractivity contribution in [3.8, 4) is 0 Å². The lowest BCUT2D eigenvalue weighted by Gasteiger charge is -2.08. The second kappa shape index (κ2) is 5.21. The van der Waals surface area contributed by atoms with E-state index in [9.17, 15) is 4.79 Å². The molecule has 0 saturated carbocycles. The van der Waals surface area contributed by atoms with Crippen molar-refractivity contribution in [2.24, 2.45) is 0 Å². The fraction of sp³-hybridized carbons (Fsp3) is 0.600. The standard InChI is InChI=1S/C10H17N3OS/c1-4-15-5-7-12-9(11)8(6(2)3)10(14)13-7/h6H,4-5H2,1-3H3,(H3,11,12,13,14). The summed E-state index contributed by atoms with van der Waals surface area (Å²) in [4.78, 5) is 18.6. The maximum atomic E-state index is 11.7. The van der Waals surface area contributed by atoms with Crippen molar-refractivity contribution in [1.29, 1.82) is 0 Å². The number of nitrogens with one attached hydrogen (secondary N) is 1. The van der Waals surface area contributed by atoms with Crippen LogP contribution >= 0.6 is 11.8 Å². The molecule has 0 amide bonds. The van der Waals surface area contributed by atoms with E-state index in [4.69, 9.17) is 5.73 Å². The van der Waals surface area contributed by atoms with Crippen LogP contribution in [-0.2, 0) is 5.75 Å². The highest BCUT2D eigenvalue weighted by Gasteiger charge is 2.11. The highest BCUT2D eigenvalue weighted by atomic mass is 32.2. The van der Waals surface area contributed by atoms with E-state index < -0.39 is 0 Å². The molecule has 0 aromatic carbocycles. The van der Waals surface area contributed by atoms with Gasteiger partial charge in [-0.3, -0.25) is 4.79 Å². The van der Waals surface area contributed by atoms with Crippen LogP contribution in [0.25, 0.3) is 0 Å². The van der Waals surface area contributed by atoms with Gasteiger partial charge in [0.2, 0.25) is 0 Å². The van der Waals surface area contributed by atoms with E-state index in [0.717, 1.165) is 5.75 Å². The average molecular weight is 227 g/mol. The predicted molar refractivity (Wildman–Crippen MR) is 65.2 cm³/mol. The molecule has 15 heavy (non-hydrogen) atoms. The molecule has 4 nitrogen and oxygen atoms in total. The van der Waals surface area contributed by atoms with Crippen molar-refractivity contribution in [2.45, 2.75) is 32.4 Å². The SMILES string of the molecule is CCSCc1nc(N)c(C(C)C)c(=O)[nH]1. The van der Waals surface area contributed by atoms with Crippen molar-refractivity contribution >= 4 is 17.6 Å². The molecule has 0 aliphatic heterocycles.